The summed E-state index contributed by atoms with van der Waals surface area (Å²) in [4.78, 5) is 6.19. The molecule has 6 heteroatoms. The molecule has 0 bridgehead atoms. The maximum Gasteiger partial charge on any atom is 0.416 e. The summed E-state index contributed by atoms with van der Waals surface area (Å²) in [6.07, 6.45) is 1.18. The molecule has 0 fully saturated rings. The fraction of sp³-hybridized carbons (Fsp3) is 0.278. The van der Waals surface area contributed by atoms with Crippen LogP contribution in [0.4, 0.5) is 24.5 Å². The molecule has 24 heavy (non-hydrogen) atoms. The fourth-order valence-electron chi connectivity index (χ4n) is 2.63. The van der Waals surface area contributed by atoms with Gasteiger partial charge in [0.05, 0.1) is 11.3 Å². The van der Waals surface area contributed by atoms with E-state index in [2.05, 4.69) is 16.8 Å². The number of thiophene rings is 1. The third kappa shape index (κ3) is 3.38. The molecule has 1 aromatic carbocycles. The van der Waals surface area contributed by atoms with Gasteiger partial charge in [-0.05, 0) is 30.7 Å². The van der Waals surface area contributed by atoms with Crippen LogP contribution in [0.2, 0.25) is 0 Å². The summed E-state index contributed by atoms with van der Waals surface area (Å²) in [5.74, 6) is 0. The first kappa shape index (κ1) is 16.8. The lowest BCUT2D eigenvalue weighted by Crippen LogP contribution is -2.17. The van der Waals surface area contributed by atoms with Crippen LogP contribution < -0.4 is 4.90 Å². The quantitative estimate of drug-likeness (QED) is 0.540. The van der Waals surface area contributed by atoms with E-state index in [1.807, 2.05) is 17.5 Å². The zero-order valence-electron chi connectivity index (χ0n) is 13.2. The zero-order chi connectivity index (χ0) is 17.2. The second kappa shape index (κ2) is 6.81. The second-order valence-corrected chi connectivity index (χ2v) is 6.45. The molecule has 3 aromatic rings. The van der Waals surface area contributed by atoms with Crippen LogP contribution in [-0.4, -0.2) is 11.5 Å². The summed E-state index contributed by atoms with van der Waals surface area (Å²) in [5, 5.41) is 2.78. The van der Waals surface area contributed by atoms with Crippen molar-refractivity contribution in [2.75, 3.05) is 11.4 Å². The van der Waals surface area contributed by atoms with E-state index in [0.717, 1.165) is 42.2 Å². The number of fused-ring (bicyclic) bond motifs is 1. The number of aromatic nitrogens is 1. The number of hydrogen-bond donors (Lipinski definition) is 0. The van der Waals surface area contributed by atoms with E-state index >= 15 is 0 Å². The third-order valence-electron chi connectivity index (χ3n) is 3.88. The van der Waals surface area contributed by atoms with Crippen molar-refractivity contribution in [3.05, 3.63) is 53.7 Å². The van der Waals surface area contributed by atoms with E-state index in [0.29, 0.717) is 4.70 Å². The maximum absolute atomic E-state index is 12.9. The fourth-order valence-corrected chi connectivity index (χ4v) is 3.62. The van der Waals surface area contributed by atoms with E-state index in [1.165, 1.54) is 17.4 Å². The molecule has 0 spiro atoms. The van der Waals surface area contributed by atoms with Gasteiger partial charge in [-0.3, -0.25) is 4.98 Å². The molecule has 0 amide bonds. The van der Waals surface area contributed by atoms with Crippen molar-refractivity contribution in [1.29, 1.82) is 0 Å². The maximum atomic E-state index is 12.9. The largest absolute Gasteiger partial charge is 0.416 e. The van der Waals surface area contributed by atoms with Crippen LogP contribution in [0.15, 0.2) is 48.1 Å². The van der Waals surface area contributed by atoms with E-state index in [1.54, 1.807) is 18.5 Å². The molecule has 0 unspecified atom stereocenters. The highest BCUT2D eigenvalue weighted by molar-refractivity contribution is 7.17. The number of anilines is 2. The molecule has 3 rings (SSSR count). The molecule has 0 aliphatic heterocycles. The van der Waals surface area contributed by atoms with Gasteiger partial charge in [0.15, 0.2) is 0 Å². The molecule has 0 N–H and O–H groups in total. The van der Waals surface area contributed by atoms with Crippen LogP contribution in [0.3, 0.4) is 0 Å². The molecule has 0 saturated heterocycles. The van der Waals surface area contributed by atoms with Crippen molar-refractivity contribution in [2.24, 2.45) is 0 Å². The van der Waals surface area contributed by atoms with Gasteiger partial charge >= 0.3 is 6.18 Å². The van der Waals surface area contributed by atoms with Crippen LogP contribution in [-0.2, 0) is 6.18 Å². The average Bonchev–Trinajstić information content (AvgIpc) is 2.99. The minimum Gasteiger partial charge on any atom is -0.340 e. The molecule has 126 valence electrons. The van der Waals surface area contributed by atoms with Crippen molar-refractivity contribution in [1.82, 2.24) is 4.98 Å². The zero-order valence-corrected chi connectivity index (χ0v) is 14.0. The minimum absolute atomic E-state index is 0.604. The molecule has 2 heterocycles. The average molecular weight is 350 g/mol. The first-order valence-corrected chi connectivity index (χ1v) is 8.64. The molecule has 0 aliphatic carbocycles. The van der Waals surface area contributed by atoms with Crippen LogP contribution in [0, 0.1) is 0 Å². The standard InChI is InChI=1S/C18H17F3N2S/c1-2-3-10-23(14-6-8-22-9-7-14)16-12-24-17-11-13(18(19,20)21)4-5-15(16)17/h4-9,11-12H,2-3,10H2,1H3. The summed E-state index contributed by atoms with van der Waals surface area (Å²) in [5.41, 5.74) is 1.34. The topological polar surface area (TPSA) is 16.1 Å². The Balaban J connectivity index is 2.05. The van der Waals surface area contributed by atoms with Crippen molar-refractivity contribution in [2.45, 2.75) is 25.9 Å². The Bertz CT molecular complexity index is 812. The van der Waals surface area contributed by atoms with Crippen LogP contribution in [0.25, 0.3) is 10.1 Å². The normalized spacial score (nSPS) is 11.8. The highest BCUT2D eigenvalue weighted by atomic mass is 32.1. The summed E-state index contributed by atoms with van der Waals surface area (Å²) < 4.78 is 39.3. The Labute approximate surface area is 142 Å². The van der Waals surface area contributed by atoms with Crippen molar-refractivity contribution >= 4 is 32.8 Å². The van der Waals surface area contributed by atoms with Gasteiger partial charge in [-0.2, -0.15) is 13.2 Å². The Morgan fingerprint density at radius 3 is 2.54 bits per heavy atom. The smallest absolute Gasteiger partial charge is 0.340 e. The number of rotatable bonds is 5. The molecule has 0 aliphatic rings. The van der Waals surface area contributed by atoms with Gasteiger partial charge < -0.3 is 4.90 Å². The minimum atomic E-state index is -4.31. The predicted octanol–water partition coefficient (Wildman–Crippen LogP) is 6.25. The van der Waals surface area contributed by atoms with Gasteiger partial charge in [0.25, 0.3) is 0 Å². The molecular weight excluding hydrogens is 333 g/mol. The summed E-state index contributed by atoms with van der Waals surface area (Å²) >= 11 is 1.34. The molecule has 2 aromatic heterocycles. The van der Waals surface area contributed by atoms with Crippen molar-refractivity contribution in [3.63, 3.8) is 0 Å². The van der Waals surface area contributed by atoms with Crippen LogP contribution >= 0.6 is 11.3 Å². The van der Waals surface area contributed by atoms with E-state index in [4.69, 9.17) is 0 Å². The van der Waals surface area contributed by atoms with Crippen LogP contribution in [0.5, 0.6) is 0 Å². The Morgan fingerprint density at radius 2 is 1.88 bits per heavy atom. The summed E-state index contributed by atoms with van der Waals surface area (Å²) in [6, 6.07) is 7.80. The number of halogens is 3. The highest BCUT2D eigenvalue weighted by Gasteiger charge is 2.31. The van der Waals surface area contributed by atoms with Crippen LogP contribution in [0.1, 0.15) is 25.3 Å². The highest BCUT2D eigenvalue weighted by Crippen LogP contribution is 2.40. The van der Waals surface area contributed by atoms with Gasteiger partial charge in [0.1, 0.15) is 0 Å². The van der Waals surface area contributed by atoms with E-state index in [9.17, 15) is 13.2 Å². The van der Waals surface area contributed by atoms with Gasteiger partial charge in [0, 0.05) is 40.1 Å². The third-order valence-corrected chi connectivity index (χ3v) is 4.82. The van der Waals surface area contributed by atoms with Gasteiger partial charge in [-0.15, -0.1) is 11.3 Å². The lowest BCUT2D eigenvalue weighted by molar-refractivity contribution is -0.137. The number of nitrogens with zero attached hydrogens (tertiary/aromatic N) is 2. The van der Waals surface area contributed by atoms with E-state index in [-0.39, 0.29) is 0 Å². The predicted molar refractivity (Wildman–Crippen MR) is 93.0 cm³/mol. The second-order valence-electron chi connectivity index (χ2n) is 5.54. The van der Waals surface area contributed by atoms with Gasteiger partial charge in [0.2, 0.25) is 0 Å². The number of pyridine rings is 1. The van der Waals surface area contributed by atoms with Crippen molar-refractivity contribution in [3.8, 4) is 0 Å². The lowest BCUT2D eigenvalue weighted by atomic mass is 10.1. The lowest BCUT2D eigenvalue weighted by Gasteiger charge is -2.24. The number of unbranched alkanes of at least 4 members (excludes halogenated alkanes) is 1. The monoisotopic (exact) mass is 350 g/mol. The number of hydrogen-bond acceptors (Lipinski definition) is 3. The molecule has 0 radical (unpaired) electrons. The first-order chi connectivity index (χ1) is 11.5. The number of benzene rings is 1. The van der Waals surface area contributed by atoms with Gasteiger partial charge in [-0.1, -0.05) is 19.4 Å². The SMILES string of the molecule is CCCCN(c1ccncc1)c1csc2cc(C(F)(F)F)ccc12. The molecular formula is C18H17F3N2S. The Hall–Kier alpha value is -2.08. The summed E-state index contributed by atoms with van der Waals surface area (Å²) in [6.45, 7) is 2.93. The molecule has 0 atom stereocenters. The molecule has 2 nitrogen and oxygen atoms in total. The first-order valence-electron chi connectivity index (χ1n) is 7.76. The van der Waals surface area contributed by atoms with Crippen molar-refractivity contribution < 1.29 is 13.2 Å². The summed E-state index contributed by atoms with van der Waals surface area (Å²) in [7, 11) is 0. The van der Waals surface area contributed by atoms with Gasteiger partial charge in [-0.25, -0.2) is 0 Å². The Kier molecular flexibility index (Phi) is 4.76. The Morgan fingerprint density at radius 1 is 1.12 bits per heavy atom. The number of alkyl halides is 3. The van der Waals surface area contributed by atoms with E-state index < -0.39 is 11.7 Å². The molecule has 0 saturated carbocycles.